The van der Waals surface area contributed by atoms with Crippen LogP contribution in [0.1, 0.15) is 32.3 Å². The van der Waals surface area contributed by atoms with Gasteiger partial charge in [-0.2, -0.15) is 0 Å². The predicted molar refractivity (Wildman–Crippen MR) is 101 cm³/mol. The molecular weight excluding hydrogens is 330 g/mol. The lowest BCUT2D eigenvalue weighted by molar-refractivity contribution is -0.123. The topological polar surface area (TPSA) is 85.7 Å². The van der Waals surface area contributed by atoms with E-state index in [9.17, 15) is 9.90 Å². The number of carbonyl (C=O) groups is 1. The Hall–Kier alpha value is -2.95. The lowest BCUT2D eigenvalue weighted by atomic mass is 9.75. The fraction of sp³-hybridized carbons (Fsp3) is 0.286. The van der Waals surface area contributed by atoms with Crippen LogP contribution in [-0.2, 0) is 10.2 Å². The number of ether oxygens (including phenoxy) is 1. The van der Waals surface area contributed by atoms with Crippen molar-refractivity contribution in [3.63, 3.8) is 0 Å². The zero-order valence-corrected chi connectivity index (χ0v) is 15.2. The zero-order valence-electron chi connectivity index (χ0n) is 15.2. The van der Waals surface area contributed by atoms with Gasteiger partial charge in [-0.25, -0.2) is 0 Å². The molecular formula is C21H23NO4. The molecule has 0 atom stereocenters. The molecule has 0 unspecified atom stereocenters. The maximum atomic E-state index is 12.1. The van der Waals surface area contributed by atoms with E-state index in [4.69, 9.17) is 14.9 Å². The first-order valence-electron chi connectivity index (χ1n) is 8.66. The summed E-state index contributed by atoms with van der Waals surface area (Å²) < 4.78 is 11.1. The number of phenolic OH excluding ortho intramolecular Hbond substituents is 1. The molecule has 0 saturated heterocycles. The van der Waals surface area contributed by atoms with Gasteiger partial charge in [-0.05, 0) is 54.8 Å². The second-order valence-electron chi connectivity index (χ2n) is 6.40. The van der Waals surface area contributed by atoms with Crippen molar-refractivity contribution in [2.45, 2.75) is 32.1 Å². The number of hydrogen-bond acceptors (Lipinski definition) is 4. The van der Waals surface area contributed by atoms with E-state index in [1.165, 1.54) is 7.11 Å². The van der Waals surface area contributed by atoms with Gasteiger partial charge in [-0.1, -0.05) is 19.9 Å². The molecule has 5 nitrogen and oxygen atoms in total. The van der Waals surface area contributed by atoms with Crippen LogP contribution in [0.5, 0.6) is 11.5 Å². The standard InChI is InChI=1S/C21H23NO4/c1-4-21(5-2,20(22)24)15-7-9-17-14(10-15)12-18(26-17)13-6-8-16(23)19(11-13)25-3/h6-12,23H,4-5H2,1-3H3,(H2,22,24). The van der Waals surface area contributed by atoms with Gasteiger partial charge in [0.05, 0.1) is 12.5 Å². The van der Waals surface area contributed by atoms with Crippen LogP contribution in [-0.4, -0.2) is 18.1 Å². The van der Waals surface area contributed by atoms with Crippen LogP contribution in [0.25, 0.3) is 22.3 Å². The van der Waals surface area contributed by atoms with Crippen LogP contribution in [0.15, 0.2) is 46.9 Å². The summed E-state index contributed by atoms with van der Waals surface area (Å²) in [5, 5.41) is 10.7. The predicted octanol–water partition coefficient (Wildman–Crippen LogP) is 4.36. The SMILES string of the molecule is CCC(CC)(C(N)=O)c1ccc2oc(-c3ccc(O)c(OC)c3)cc2c1. The smallest absolute Gasteiger partial charge is 0.228 e. The van der Waals surface area contributed by atoms with Gasteiger partial charge in [-0.15, -0.1) is 0 Å². The Labute approximate surface area is 152 Å². The Bertz CT molecular complexity index is 954. The number of methoxy groups -OCH3 is 1. The van der Waals surface area contributed by atoms with E-state index >= 15 is 0 Å². The molecule has 0 radical (unpaired) electrons. The Morgan fingerprint density at radius 2 is 1.88 bits per heavy atom. The number of nitrogens with two attached hydrogens (primary N) is 1. The average molecular weight is 353 g/mol. The fourth-order valence-electron chi connectivity index (χ4n) is 3.46. The highest BCUT2D eigenvalue weighted by molar-refractivity contribution is 5.90. The Morgan fingerprint density at radius 1 is 1.15 bits per heavy atom. The largest absolute Gasteiger partial charge is 0.504 e. The number of aromatic hydroxyl groups is 1. The highest BCUT2D eigenvalue weighted by Gasteiger charge is 2.35. The number of rotatable bonds is 6. The summed E-state index contributed by atoms with van der Waals surface area (Å²) in [5.41, 5.74) is 7.46. The second-order valence-corrected chi connectivity index (χ2v) is 6.40. The van der Waals surface area contributed by atoms with Crippen molar-refractivity contribution in [1.29, 1.82) is 0 Å². The van der Waals surface area contributed by atoms with Gasteiger partial charge >= 0.3 is 0 Å². The number of fused-ring (bicyclic) bond motifs is 1. The summed E-state index contributed by atoms with van der Waals surface area (Å²) in [5.74, 6) is 0.807. The highest BCUT2D eigenvalue weighted by Crippen LogP contribution is 2.37. The van der Waals surface area contributed by atoms with Gasteiger partial charge < -0.3 is 20.0 Å². The van der Waals surface area contributed by atoms with E-state index in [0.29, 0.717) is 24.4 Å². The molecule has 1 amide bonds. The highest BCUT2D eigenvalue weighted by atomic mass is 16.5. The van der Waals surface area contributed by atoms with Crippen LogP contribution in [0.2, 0.25) is 0 Å². The molecule has 0 spiro atoms. The van der Waals surface area contributed by atoms with Gasteiger partial charge in [0.2, 0.25) is 5.91 Å². The Balaban J connectivity index is 2.09. The number of furan rings is 1. The van der Waals surface area contributed by atoms with Gasteiger partial charge in [0.25, 0.3) is 0 Å². The molecule has 0 aliphatic heterocycles. The third-order valence-corrected chi connectivity index (χ3v) is 5.21. The molecule has 1 heterocycles. The number of hydrogen-bond donors (Lipinski definition) is 2. The Kier molecular flexibility index (Phi) is 4.64. The first kappa shape index (κ1) is 17.9. The maximum Gasteiger partial charge on any atom is 0.228 e. The van der Waals surface area contributed by atoms with Crippen LogP contribution < -0.4 is 10.5 Å². The molecule has 3 rings (SSSR count). The summed E-state index contributed by atoms with van der Waals surface area (Å²) in [4.78, 5) is 12.1. The number of amides is 1. The molecule has 2 aromatic carbocycles. The summed E-state index contributed by atoms with van der Waals surface area (Å²) in [7, 11) is 1.50. The number of carbonyl (C=O) groups excluding carboxylic acids is 1. The van der Waals surface area contributed by atoms with Crippen LogP contribution >= 0.6 is 0 Å². The summed E-state index contributed by atoms with van der Waals surface area (Å²) >= 11 is 0. The number of phenols is 1. The quantitative estimate of drug-likeness (QED) is 0.689. The zero-order chi connectivity index (χ0) is 18.9. The van der Waals surface area contributed by atoms with Crippen molar-refractivity contribution in [2.24, 2.45) is 5.73 Å². The lowest BCUT2D eigenvalue weighted by Crippen LogP contribution is -2.40. The maximum absolute atomic E-state index is 12.1. The summed E-state index contributed by atoms with van der Waals surface area (Å²) in [6, 6.07) is 12.7. The molecule has 1 aromatic heterocycles. The molecule has 0 fully saturated rings. The fourth-order valence-corrected chi connectivity index (χ4v) is 3.46. The van der Waals surface area contributed by atoms with Gasteiger partial charge in [0.15, 0.2) is 11.5 Å². The molecule has 26 heavy (non-hydrogen) atoms. The third kappa shape index (κ3) is 2.79. The van der Waals surface area contributed by atoms with Crippen molar-refractivity contribution in [3.8, 4) is 22.8 Å². The van der Waals surface area contributed by atoms with E-state index in [-0.39, 0.29) is 11.7 Å². The van der Waals surface area contributed by atoms with Gasteiger partial charge in [0, 0.05) is 10.9 Å². The monoisotopic (exact) mass is 353 g/mol. The van der Waals surface area contributed by atoms with E-state index in [1.807, 2.05) is 38.1 Å². The van der Waals surface area contributed by atoms with Gasteiger partial charge in [-0.3, -0.25) is 4.79 Å². The van der Waals surface area contributed by atoms with E-state index in [2.05, 4.69) is 0 Å². The molecule has 3 aromatic rings. The molecule has 136 valence electrons. The molecule has 0 aliphatic carbocycles. The van der Waals surface area contributed by atoms with Crippen LogP contribution in [0.4, 0.5) is 0 Å². The Morgan fingerprint density at radius 3 is 2.50 bits per heavy atom. The van der Waals surface area contributed by atoms with Gasteiger partial charge in [0.1, 0.15) is 11.3 Å². The number of benzene rings is 2. The van der Waals surface area contributed by atoms with Crippen molar-refractivity contribution >= 4 is 16.9 Å². The van der Waals surface area contributed by atoms with Crippen molar-refractivity contribution in [2.75, 3.05) is 7.11 Å². The second kappa shape index (κ2) is 6.75. The molecule has 0 aliphatic rings. The van der Waals surface area contributed by atoms with Crippen LogP contribution in [0.3, 0.4) is 0 Å². The minimum Gasteiger partial charge on any atom is -0.504 e. The van der Waals surface area contributed by atoms with E-state index < -0.39 is 5.41 Å². The van der Waals surface area contributed by atoms with Crippen molar-refractivity contribution in [3.05, 3.63) is 48.0 Å². The minimum atomic E-state index is -0.673. The van der Waals surface area contributed by atoms with Crippen LogP contribution in [0, 0.1) is 0 Å². The first-order chi connectivity index (χ1) is 12.4. The van der Waals surface area contributed by atoms with Crippen molar-refractivity contribution in [1.82, 2.24) is 0 Å². The molecule has 5 heteroatoms. The third-order valence-electron chi connectivity index (χ3n) is 5.21. The average Bonchev–Trinajstić information content (AvgIpc) is 3.07. The normalized spacial score (nSPS) is 11.7. The minimum absolute atomic E-state index is 0.0757. The first-order valence-corrected chi connectivity index (χ1v) is 8.66. The number of primary amides is 1. The van der Waals surface area contributed by atoms with Crippen molar-refractivity contribution < 1.29 is 19.1 Å². The molecule has 3 N–H and O–H groups in total. The lowest BCUT2D eigenvalue weighted by Gasteiger charge is -2.28. The van der Waals surface area contributed by atoms with E-state index in [0.717, 1.165) is 22.1 Å². The molecule has 0 bridgehead atoms. The summed E-state index contributed by atoms with van der Waals surface area (Å²) in [6.45, 7) is 3.95. The summed E-state index contributed by atoms with van der Waals surface area (Å²) in [6.07, 6.45) is 1.29. The molecule has 0 saturated carbocycles. The van der Waals surface area contributed by atoms with E-state index in [1.54, 1.807) is 18.2 Å².